The van der Waals surface area contributed by atoms with Crippen LogP contribution in [0.5, 0.6) is 0 Å². The third-order valence-corrected chi connectivity index (χ3v) is 3.97. The van der Waals surface area contributed by atoms with E-state index in [0.29, 0.717) is 12.3 Å². The van der Waals surface area contributed by atoms with Gasteiger partial charge in [-0.05, 0) is 19.3 Å². The standard InChI is InChI=1S/C16H23NO2/c1-12-3-5-14(6-4-12)16(19)8-10-17-9-7-15(18)13(2)11-17/h3-6,13,15,18H,7-11H2,1-2H3. The lowest BCUT2D eigenvalue weighted by atomic mass is 9.96. The highest BCUT2D eigenvalue weighted by atomic mass is 16.3. The molecule has 2 atom stereocenters. The van der Waals surface area contributed by atoms with Crippen LogP contribution < -0.4 is 0 Å². The number of hydrogen-bond acceptors (Lipinski definition) is 3. The number of aliphatic hydroxyl groups is 1. The Morgan fingerprint density at radius 2 is 2.05 bits per heavy atom. The van der Waals surface area contributed by atoms with Gasteiger partial charge in [0.1, 0.15) is 0 Å². The van der Waals surface area contributed by atoms with E-state index in [1.807, 2.05) is 31.2 Å². The SMILES string of the molecule is Cc1ccc(C(=O)CCN2CCC(O)C(C)C2)cc1. The summed E-state index contributed by atoms with van der Waals surface area (Å²) in [4.78, 5) is 14.3. The molecule has 2 rings (SSSR count). The zero-order chi connectivity index (χ0) is 13.8. The van der Waals surface area contributed by atoms with Gasteiger partial charge in [-0.15, -0.1) is 0 Å². The third kappa shape index (κ3) is 3.88. The van der Waals surface area contributed by atoms with Crippen molar-refractivity contribution in [3.8, 4) is 0 Å². The summed E-state index contributed by atoms with van der Waals surface area (Å²) in [6.45, 7) is 6.67. The highest BCUT2D eigenvalue weighted by Crippen LogP contribution is 2.17. The number of hydrogen-bond donors (Lipinski definition) is 1. The molecule has 3 heteroatoms. The van der Waals surface area contributed by atoms with E-state index in [-0.39, 0.29) is 11.9 Å². The molecule has 0 amide bonds. The largest absolute Gasteiger partial charge is 0.393 e. The Kier molecular flexibility index (Phi) is 4.72. The molecule has 0 aliphatic carbocycles. The Hall–Kier alpha value is -1.19. The van der Waals surface area contributed by atoms with Gasteiger partial charge >= 0.3 is 0 Å². The molecule has 1 aromatic rings. The topological polar surface area (TPSA) is 40.5 Å². The molecular weight excluding hydrogens is 238 g/mol. The second-order valence-electron chi connectivity index (χ2n) is 5.67. The van der Waals surface area contributed by atoms with Gasteiger partial charge in [0.2, 0.25) is 0 Å². The minimum Gasteiger partial charge on any atom is -0.393 e. The molecule has 1 aliphatic heterocycles. The van der Waals surface area contributed by atoms with Gasteiger partial charge in [0.15, 0.2) is 5.78 Å². The normalized spacial score (nSPS) is 24.4. The van der Waals surface area contributed by atoms with Crippen molar-refractivity contribution in [1.29, 1.82) is 0 Å². The number of carbonyl (C=O) groups excluding carboxylic acids is 1. The van der Waals surface area contributed by atoms with Crippen LogP contribution in [0.15, 0.2) is 24.3 Å². The van der Waals surface area contributed by atoms with Gasteiger partial charge in [0.05, 0.1) is 6.10 Å². The Bertz CT molecular complexity index is 427. The molecule has 2 unspecified atom stereocenters. The van der Waals surface area contributed by atoms with Gasteiger partial charge in [-0.3, -0.25) is 4.79 Å². The van der Waals surface area contributed by atoms with E-state index >= 15 is 0 Å². The van der Waals surface area contributed by atoms with Crippen LogP contribution >= 0.6 is 0 Å². The average Bonchev–Trinajstić information content (AvgIpc) is 2.40. The molecule has 19 heavy (non-hydrogen) atoms. The van der Waals surface area contributed by atoms with E-state index in [1.165, 1.54) is 5.56 Å². The zero-order valence-corrected chi connectivity index (χ0v) is 11.8. The molecule has 0 radical (unpaired) electrons. The summed E-state index contributed by atoms with van der Waals surface area (Å²) in [5.41, 5.74) is 1.98. The first-order valence-electron chi connectivity index (χ1n) is 7.06. The number of aliphatic hydroxyl groups excluding tert-OH is 1. The molecule has 104 valence electrons. The predicted octanol–water partition coefficient (Wildman–Crippen LogP) is 2.27. The van der Waals surface area contributed by atoms with Crippen molar-refractivity contribution in [2.24, 2.45) is 5.92 Å². The van der Waals surface area contributed by atoms with Gasteiger partial charge < -0.3 is 10.0 Å². The number of Topliss-reactive ketones (excluding diaryl/α,β-unsaturated/α-hetero) is 1. The quantitative estimate of drug-likeness (QED) is 0.845. The summed E-state index contributed by atoms with van der Waals surface area (Å²) in [6, 6.07) is 7.76. The fourth-order valence-corrected chi connectivity index (χ4v) is 2.57. The van der Waals surface area contributed by atoms with Crippen molar-refractivity contribution < 1.29 is 9.90 Å². The molecule has 0 saturated carbocycles. The van der Waals surface area contributed by atoms with E-state index < -0.39 is 0 Å². The molecule has 1 fully saturated rings. The molecule has 1 heterocycles. The highest BCUT2D eigenvalue weighted by Gasteiger charge is 2.24. The van der Waals surface area contributed by atoms with Crippen molar-refractivity contribution in [2.45, 2.75) is 32.8 Å². The maximum atomic E-state index is 12.1. The van der Waals surface area contributed by atoms with Gasteiger partial charge in [0, 0.05) is 31.6 Å². The van der Waals surface area contributed by atoms with Crippen LogP contribution in [-0.4, -0.2) is 41.5 Å². The van der Waals surface area contributed by atoms with Crippen LogP contribution in [0.1, 0.15) is 35.7 Å². The monoisotopic (exact) mass is 261 g/mol. The average molecular weight is 261 g/mol. The number of benzene rings is 1. The fraction of sp³-hybridized carbons (Fsp3) is 0.562. The van der Waals surface area contributed by atoms with Gasteiger partial charge in [-0.1, -0.05) is 36.8 Å². The Morgan fingerprint density at radius 3 is 2.68 bits per heavy atom. The van der Waals surface area contributed by atoms with E-state index in [1.54, 1.807) is 0 Å². The Morgan fingerprint density at radius 1 is 1.37 bits per heavy atom. The molecule has 1 aromatic carbocycles. The lowest BCUT2D eigenvalue weighted by Crippen LogP contribution is -2.42. The summed E-state index contributed by atoms with van der Waals surface area (Å²) >= 11 is 0. The molecule has 1 saturated heterocycles. The van der Waals surface area contributed by atoms with E-state index in [4.69, 9.17) is 0 Å². The Labute approximate surface area is 115 Å². The number of aryl methyl sites for hydroxylation is 1. The van der Waals surface area contributed by atoms with Crippen molar-refractivity contribution in [3.63, 3.8) is 0 Å². The van der Waals surface area contributed by atoms with E-state index in [9.17, 15) is 9.90 Å². The first-order valence-corrected chi connectivity index (χ1v) is 7.06. The van der Waals surface area contributed by atoms with Crippen LogP contribution in [0.25, 0.3) is 0 Å². The number of nitrogens with zero attached hydrogens (tertiary/aromatic N) is 1. The van der Waals surface area contributed by atoms with Gasteiger partial charge in [0.25, 0.3) is 0 Å². The van der Waals surface area contributed by atoms with Gasteiger partial charge in [-0.25, -0.2) is 0 Å². The first-order chi connectivity index (χ1) is 9.06. The summed E-state index contributed by atoms with van der Waals surface area (Å²) in [5, 5.41) is 9.68. The highest BCUT2D eigenvalue weighted by molar-refractivity contribution is 5.96. The molecule has 3 nitrogen and oxygen atoms in total. The summed E-state index contributed by atoms with van der Waals surface area (Å²) < 4.78 is 0. The number of carbonyl (C=O) groups is 1. The molecule has 0 bridgehead atoms. The summed E-state index contributed by atoms with van der Waals surface area (Å²) in [5.74, 6) is 0.516. The van der Waals surface area contributed by atoms with Crippen LogP contribution in [0.4, 0.5) is 0 Å². The third-order valence-electron chi connectivity index (χ3n) is 3.97. The minimum atomic E-state index is -0.177. The second-order valence-corrected chi connectivity index (χ2v) is 5.67. The molecule has 0 spiro atoms. The predicted molar refractivity (Wildman–Crippen MR) is 76.4 cm³/mol. The maximum Gasteiger partial charge on any atom is 0.164 e. The van der Waals surface area contributed by atoms with Crippen molar-refractivity contribution >= 4 is 5.78 Å². The molecule has 1 N–H and O–H groups in total. The number of likely N-dealkylation sites (tertiary alicyclic amines) is 1. The van der Waals surface area contributed by atoms with Crippen LogP contribution in [-0.2, 0) is 0 Å². The van der Waals surface area contributed by atoms with Crippen molar-refractivity contribution in [2.75, 3.05) is 19.6 Å². The molecular formula is C16H23NO2. The molecule has 0 aromatic heterocycles. The lowest BCUT2D eigenvalue weighted by molar-refractivity contribution is 0.0346. The Balaban J connectivity index is 1.82. The van der Waals surface area contributed by atoms with Crippen LogP contribution in [0.3, 0.4) is 0 Å². The van der Waals surface area contributed by atoms with Crippen LogP contribution in [0.2, 0.25) is 0 Å². The van der Waals surface area contributed by atoms with Gasteiger partial charge in [-0.2, -0.15) is 0 Å². The molecule has 1 aliphatic rings. The maximum absolute atomic E-state index is 12.1. The summed E-state index contributed by atoms with van der Waals surface area (Å²) in [7, 11) is 0. The number of ketones is 1. The van der Waals surface area contributed by atoms with Crippen LogP contribution in [0, 0.1) is 12.8 Å². The first kappa shape index (κ1) is 14.2. The second kappa shape index (κ2) is 6.31. The van der Waals surface area contributed by atoms with Crippen molar-refractivity contribution in [3.05, 3.63) is 35.4 Å². The van der Waals surface area contributed by atoms with E-state index in [2.05, 4.69) is 11.8 Å². The number of rotatable bonds is 4. The fourth-order valence-electron chi connectivity index (χ4n) is 2.57. The lowest BCUT2D eigenvalue weighted by Gasteiger charge is -2.34. The smallest absolute Gasteiger partial charge is 0.164 e. The zero-order valence-electron chi connectivity index (χ0n) is 11.8. The number of piperidine rings is 1. The van der Waals surface area contributed by atoms with Crippen molar-refractivity contribution in [1.82, 2.24) is 4.90 Å². The van der Waals surface area contributed by atoms with E-state index in [0.717, 1.165) is 31.6 Å². The minimum absolute atomic E-state index is 0.177. The summed E-state index contributed by atoms with van der Waals surface area (Å²) in [6.07, 6.45) is 1.20.